The van der Waals surface area contributed by atoms with E-state index in [1.54, 1.807) is 42.5 Å². The molecule has 0 bridgehead atoms. The van der Waals surface area contributed by atoms with Gasteiger partial charge >= 0.3 is 5.97 Å². The summed E-state index contributed by atoms with van der Waals surface area (Å²) in [6.07, 6.45) is 12.7. The van der Waals surface area contributed by atoms with Crippen LogP contribution in [0.2, 0.25) is 0 Å². The Morgan fingerprint density at radius 2 is 1.55 bits per heavy atom. The van der Waals surface area contributed by atoms with Crippen molar-refractivity contribution in [2.75, 3.05) is 7.11 Å². The molecule has 3 N–H and O–H groups in total. The SMILES string of the molecule is COC(=O)CCC[C@H](O)/C=C/C=C\C=C\C=C\[C@@H](O)[C@@H](C)O. The molecule has 0 saturated heterocycles. The van der Waals surface area contributed by atoms with Gasteiger partial charge in [-0.05, 0) is 19.8 Å². The minimum absolute atomic E-state index is 0.269. The van der Waals surface area contributed by atoms with Crippen LogP contribution in [0.5, 0.6) is 0 Å². The number of carbonyl (C=O) groups is 1. The highest BCUT2D eigenvalue weighted by Crippen LogP contribution is 2.03. The van der Waals surface area contributed by atoms with Gasteiger partial charge in [0.25, 0.3) is 0 Å². The molecule has 0 spiro atoms. The van der Waals surface area contributed by atoms with E-state index in [1.165, 1.54) is 20.1 Å². The Bertz CT molecular complexity index is 407. The average Bonchev–Trinajstić information content (AvgIpc) is 2.49. The van der Waals surface area contributed by atoms with Crippen LogP contribution in [0.3, 0.4) is 0 Å². The zero-order valence-corrected chi connectivity index (χ0v) is 13.1. The molecule has 0 aromatic rings. The second kappa shape index (κ2) is 13.0. The second-order valence-corrected chi connectivity index (χ2v) is 4.81. The summed E-state index contributed by atoms with van der Waals surface area (Å²) in [6.45, 7) is 1.51. The number of esters is 1. The first-order chi connectivity index (χ1) is 10.5. The Hall–Kier alpha value is -1.69. The van der Waals surface area contributed by atoms with Crippen molar-refractivity contribution in [2.24, 2.45) is 0 Å². The minimum Gasteiger partial charge on any atom is -0.469 e. The lowest BCUT2D eigenvalue weighted by atomic mass is 10.1. The van der Waals surface area contributed by atoms with Gasteiger partial charge in [-0.2, -0.15) is 0 Å². The van der Waals surface area contributed by atoms with Crippen molar-refractivity contribution >= 4 is 5.97 Å². The molecule has 0 rings (SSSR count). The van der Waals surface area contributed by atoms with Crippen molar-refractivity contribution in [3.05, 3.63) is 48.6 Å². The molecule has 124 valence electrons. The summed E-state index contributed by atoms with van der Waals surface area (Å²) in [7, 11) is 1.34. The summed E-state index contributed by atoms with van der Waals surface area (Å²) >= 11 is 0. The molecule has 0 fully saturated rings. The van der Waals surface area contributed by atoms with Crippen molar-refractivity contribution in [1.82, 2.24) is 0 Å². The van der Waals surface area contributed by atoms with E-state index in [0.29, 0.717) is 19.3 Å². The summed E-state index contributed by atoms with van der Waals surface area (Å²) in [4.78, 5) is 10.9. The summed E-state index contributed by atoms with van der Waals surface area (Å²) in [5, 5.41) is 28.0. The number of hydrogen-bond donors (Lipinski definition) is 3. The number of aliphatic hydroxyl groups is 3. The van der Waals surface area contributed by atoms with Gasteiger partial charge in [0.1, 0.15) is 0 Å². The molecular formula is C17H26O5. The molecule has 0 aliphatic heterocycles. The highest BCUT2D eigenvalue weighted by molar-refractivity contribution is 5.68. The van der Waals surface area contributed by atoms with Crippen LogP contribution in [-0.4, -0.2) is 46.7 Å². The molecule has 5 heteroatoms. The smallest absolute Gasteiger partial charge is 0.305 e. The predicted octanol–water partition coefficient (Wildman–Crippen LogP) is 1.66. The normalized spacial score (nSPS) is 16.8. The van der Waals surface area contributed by atoms with Crippen LogP contribution >= 0.6 is 0 Å². The van der Waals surface area contributed by atoms with Crippen molar-refractivity contribution < 1.29 is 24.9 Å². The third-order valence-corrected chi connectivity index (χ3v) is 2.80. The maximum absolute atomic E-state index is 10.9. The number of hydrogen-bond acceptors (Lipinski definition) is 5. The van der Waals surface area contributed by atoms with E-state index in [2.05, 4.69) is 4.74 Å². The fourth-order valence-corrected chi connectivity index (χ4v) is 1.44. The van der Waals surface area contributed by atoms with Crippen molar-refractivity contribution in [3.63, 3.8) is 0 Å². The summed E-state index contributed by atoms with van der Waals surface area (Å²) in [5.74, 6) is -0.269. The van der Waals surface area contributed by atoms with Gasteiger partial charge in [0.15, 0.2) is 0 Å². The van der Waals surface area contributed by atoms with Crippen LogP contribution in [0.4, 0.5) is 0 Å². The molecule has 5 nitrogen and oxygen atoms in total. The van der Waals surface area contributed by atoms with Crippen molar-refractivity contribution in [1.29, 1.82) is 0 Å². The topological polar surface area (TPSA) is 87.0 Å². The number of allylic oxidation sites excluding steroid dienone is 6. The molecule has 0 unspecified atom stereocenters. The first-order valence-corrected chi connectivity index (χ1v) is 7.26. The largest absolute Gasteiger partial charge is 0.469 e. The molecule has 22 heavy (non-hydrogen) atoms. The number of methoxy groups -OCH3 is 1. The summed E-state index contributed by atoms with van der Waals surface area (Å²) in [5.41, 5.74) is 0. The molecule has 0 aromatic heterocycles. The van der Waals surface area contributed by atoms with Crippen LogP contribution in [0.15, 0.2) is 48.6 Å². The van der Waals surface area contributed by atoms with E-state index in [0.717, 1.165) is 0 Å². The zero-order chi connectivity index (χ0) is 16.8. The van der Waals surface area contributed by atoms with Gasteiger partial charge in [0.05, 0.1) is 25.4 Å². The molecular weight excluding hydrogens is 284 g/mol. The second-order valence-electron chi connectivity index (χ2n) is 4.81. The van der Waals surface area contributed by atoms with E-state index >= 15 is 0 Å². The van der Waals surface area contributed by atoms with Crippen LogP contribution in [0, 0.1) is 0 Å². The van der Waals surface area contributed by atoms with Gasteiger partial charge in [-0.25, -0.2) is 0 Å². The lowest BCUT2D eigenvalue weighted by Gasteiger charge is -2.06. The predicted molar refractivity (Wildman–Crippen MR) is 86.1 cm³/mol. The molecule has 0 aromatic carbocycles. The van der Waals surface area contributed by atoms with Gasteiger partial charge in [-0.15, -0.1) is 0 Å². The van der Waals surface area contributed by atoms with Gasteiger partial charge in [-0.3, -0.25) is 4.79 Å². The van der Waals surface area contributed by atoms with Crippen LogP contribution < -0.4 is 0 Å². The fourth-order valence-electron chi connectivity index (χ4n) is 1.44. The molecule has 0 amide bonds. The Kier molecular flexibility index (Phi) is 12.0. The quantitative estimate of drug-likeness (QED) is 0.422. The number of aliphatic hydroxyl groups excluding tert-OH is 3. The summed E-state index contributed by atoms with van der Waals surface area (Å²) in [6, 6.07) is 0. The first kappa shape index (κ1) is 20.3. The van der Waals surface area contributed by atoms with Crippen LogP contribution in [-0.2, 0) is 9.53 Å². The monoisotopic (exact) mass is 310 g/mol. The van der Waals surface area contributed by atoms with E-state index in [4.69, 9.17) is 5.11 Å². The number of rotatable bonds is 10. The van der Waals surface area contributed by atoms with Crippen molar-refractivity contribution in [2.45, 2.75) is 44.5 Å². The molecule has 0 aliphatic carbocycles. The van der Waals surface area contributed by atoms with E-state index in [9.17, 15) is 15.0 Å². The van der Waals surface area contributed by atoms with E-state index in [-0.39, 0.29) is 5.97 Å². The van der Waals surface area contributed by atoms with E-state index < -0.39 is 18.3 Å². The Morgan fingerprint density at radius 1 is 1.00 bits per heavy atom. The molecule has 3 atom stereocenters. The summed E-state index contributed by atoms with van der Waals surface area (Å²) < 4.78 is 4.51. The van der Waals surface area contributed by atoms with Crippen LogP contribution in [0.1, 0.15) is 26.2 Å². The lowest BCUT2D eigenvalue weighted by molar-refractivity contribution is -0.140. The Morgan fingerprint density at radius 3 is 2.09 bits per heavy atom. The van der Waals surface area contributed by atoms with Crippen molar-refractivity contribution in [3.8, 4) is 0 Å². The Balaban J connectivity index is 3.89. The number of carbonyl (C=O) groups excluding carboxylic acids is 1. The molecule has 0 aliphatic rings. The standard InChI is InChI=1S/C17H26O5/c1-14(18)16(20)12-8-6-4-3-5-7-10-15(19)11-9-13-17(21)22-2/h3-8,10,12,14-16,18-20H,9,11,13H2,1-2H3/b5-3-,6-4+,10-7+,12-8+/t14-,15-,16-/m1/s1. The van der Waals surface area contributed by atoms with Gasteiger partial charge in [0, 0.05) is 6.42 Å². The maximum atomic E-state index is 10.9. The molecule has 0 saturated carbocycles. The fraction of sp³-hybridized carbons (Fsp3) is 0.471. The van der Waals surface area contributed by atoms with Gasteiger partial charge in [0.2, 0.25) is 0 Å². The van der Waals surface area contributed by atoms with Gasteiger partial charge < -0.3 is 20.1 Å². The van der Waals surface area contributed by atoms with Gasteiger partial charge in [-0.1, -0.05) is 48.6 Å². The third-order valence-electron chi connectivity index (χ3n) is 2.80. The minimum atomic E-state index is -0.867. The highest BCUT2D eigenvalue weighted by atomic mass is 16.5. The zero-order valence-electron chi connectivity index (χ0n) is 13.1. The Labute approximate surface area is 131 Å². The highest BCUT2D eigenvalue weighted by Gasteiger charge is 2.04. The molecule has 0 radical (unpaired) electrons. The third kappa shape index (κ3) is 12.1. The number of ether oxygens (including phenoxy) is 1. The maximum Gasteiger partial charge on any atom is 0.305 e. The van der Waals surface area contributed by atoms with E-state index in [1.807, 2.05) is 0 Å². The molecule has 0 heterocycles. The first-order valence-electron chi connectivity index (χ1n) is 7.26. The lowest BCUT2D eigenvalue weighted by Crippen LogP contribution is -2.19. The van der Waals surface area contributed by atoms with Crippen LogP contribution in [0.25, 0.3) is 0 Å². The average molecular weight is 310 g/mol.